The van der Waals surface area contributed by atoms with Crippen molar-refractivity contribution in [3.63, 3.8) is 0 Å². The van der Waals surface area contributed by atoms with Crippen molar-refractivity contribution < 1.29 is 9.53 Å². The molecule has 1 unspecified atom stereocenters. The van der Waals surface area contributed by atoms with Gasteiger partial charge in [-0.25, -0.2) is 0 Å². The van der Waals surface area contributed by atoms with Crippen LogP contribution in [-0.2, 0) is 9.53 Å². The molecule has 0 bridgehead atoms. The zero-order chi connectivity index (χ0) is 7.40. The number of cyclic esters (lactones) is 1. The average Bonchev–Trinajstić information content (AvgIpc) is 1.85. The Kier molecular flexibility index (Phi) is 2.27. The molecule has 0 saturated carbocycles. The van der Waals surface area contributed by atoms with Crippen LogP contribution in [0.25, 0.3) is 0 Å². The number of carbonyl (C=O) groups excluding carboxylic acids is 1. The van der Waals surface area contributed by atoms with Crippen molar-refractivity contribution in [1.29, 1.82) is 5.26 Å². The van der Waals surface area contributed by atoms with Crippen molar-refractivity contribution in [3.8, 4) is 6.07 Å². The first-order chi connectivity index (χ1) is 4.83. The zero-order valence-corrected chi connectivity index (χ0v) is 5.67. The molecule has 0 radical (unpaired) electrons. The Morgan fingerprint density at radius 3 is 3.00 bits per heavy atom. The standard InChI is InChI=1S/C7H9NO2/c8-4-2-1-3-6-5-7(9)10-6/h6H,1-3,5H2. The summed E-state index contributed by atoms with van der Waals surface area (Å²) in [5.74, 6) is -0.109. The lowest BCUT2D eigenvalue weighted by Crippen LogP contribution is -2.32. The van der Waals surface area contributed by atoms with Gasteiger partial charge in [-0.15, -0.1) is 0 Å². The normalized spacial score (nSPS) is 22.7. The van der Waals surface area contributed by atoms with Crippen LogP contribution >= 0.6 is 0 Å². The molecule has 0 aliphatic carbocycles. The molecule has 1 atom stereocenters. The minimum Gasteiger partial charge on any atom is -0.462 e. The molecule has 0 aromatic rings. The van der Waals surface area contributed by atoms with Gasteiger partial charge in [0.2, 0.25) is 0 Å². The van der Waals surface area contributed by atoms with E-state index in [4.69, 9.17) is 10.00 Å². The summed E-state index contributed by atoms with van der Waals surface area (Å²) in [4.78, 5) is 10.3. The Labute approximate surface area is 59.6 Å². The third kappa shape index (κ3) is 1.73. The largest absolute Gasteiger partial charge is 0.462 e. The van der Waals surface area contributed by atoms with Gasteiger partial charge in [0.1, 0.15) is 6.10 Å². The molecular weight excluding hydrogens is 130 g/mol. The van der Waals surface area contributed by atoms with Crippen molar-refractivity contribution in [2.24, 2.45) is 0 Å². The van der Waals surface area contributed by atoms with Crippen molar-refractivity contribution >= 4 is 5.97 Å². The number of carbonyl (C=O) groups is 1. The van der Waals surface area contributed by atoms with Gasteiger partial charge in [-0.05, 0) is 12.8 Å². The summed E-state index contributed by atoms with van der Waals surface area (Å²) in [7, 11) is 0. The van der Waals surface area contributed by atoms with Gasteiger partial charge in [-0.2, -0.15) is 5.26 Å². The van der Waals surface area contributed by atoms with Gasteiger partial charge in [-0.3, -0.25) is 4.79 Å². The smallest absolute Gasteiger partial charge is 0.309 e. The minimum atomic E-state index is -0.109. The van der Waals surface area contributed by atoms with E-state index < -0.39 is 0 Å². The fourth-order valence-corrected chi connectivity index (χ4v) is 0.932. The van der Waals surface area contributed by atoms with E-state index in [9.17, 15) is 4.79 Å². The molecule has 0 amide bonds. The summed E-state index contributed by atoms with van der Waals surface area (Å²) >= 11 is 0. The van der Waals surface area contributed by atoms with Gasteiger partial charge in [-0.1, -0.05) is 0 Å². The van der Waals surface area contributed by atoms with E-state index in [0.717, 1.165) is 12.8 Å². The molecule has 0 spiro atoms. The maximum absolute atomic E-state index is 10.3. The molecule has 0 N–H and O–H groups in total. The van der Waals surface area contributed by atoms with Crippen LogP contribution in [0.3, 0.4) is 0 Å². The SMILES string of the molecule is N#CCCCC1CC(=O)O1. The Morgan fingerprint density at radius 1 is 1.80 bits per heavy atom. The van der Waals surface area contributed by atoms with Gasteiger partial charge in [0.15, 0.2) is 0 Å². The summed E-state index contributed by atoms with van der Waals surface area (Å²) in [6.07, 6.45) is 2.91. The summed E-state index contributed by atoms with van der Waals surface area (Å²) in [6, 6.07) is 2.04. The summed E-state index contributed by atoms with van der Waals surface area (Å²) in [6.45, 7) is 0. The average molecular weight is 139 g/mol. The monoisotopic (exact) mass is 139 g/mol. The van der Waals surface area contributed by atoms with E-state index in [1.54, 1.807) is 0 Å². The molecule has 1 rings (SSSR count). The van der Waals surface area contributed by atoms with Crippen molar-refractivity contribution in [1.82, 2.24) is 0 Å². The Morgan fingerprint density at radius 2 is 2.50 bits per heavy atom. The van der Waals surface area contributed by atoms with Crippen LogP contribution in [0.15, 0.2) is 0 Å². The van der Waals surface area contributed by atoms with Crippen LogP contribution in [0.1, 0.15) is 25.7 Å². The highest BCUT2D eigenvalue weighted by molar-refractivity contribution is 5.75. The number of hydrogen-bond donors (Lipinski definition) is 0. The van der Waals surface area contributed by atoms with Crippen molar-refractivity contribution in [2.45, 2.75) is 31.8 Å². The third-order valence-corrected chi connectivity index (χ3v) is 1.51. The number of rotatable bonds is 3. The van der Waals surface area contributed by atoms with Crippen molar-refractivity contribution in [3.05, 3.63) is 0 Å². The zero-order valence-electron chi connectivity index (χ0n) is 5.67. The maximum atomic E-state index is 10.3. The summed E-state index contributed by atoms with van der Waals surface area (Å²) in [5, 5.41) is 8.16. The number of ether oxygens (including phenoxy) is 1. The molecule has 0 aromatic carbocycles. The lowest BCUT2D eigenvalue weighted by Gasteiger charge is -2.24. The Balaban J connectivity index is 1.96. The lowest BCUT2D eigenvalue weighted by atomic mass is 10.1. The second-order valence-electron chi connectivity index (χ2n) is 2.37. The quantitative estimate of drug-likeness (QED) is 0.433. The third-order valence-electron chi connectivity index (χ3n) is 1.51. The highest BCUT2D eigenvalue weighted by Gasteiger charge is 2.27. The van der Waals surface area contributed by atoms with Gasteiger partial charge >= 0.3 is 5.97 Å². The predicted octanol–water partition coefficient (Wildman–Crippen LogP) is 0.996. The number of nitrogens with zero attached hydrogens (tertiary/aromatic N) is 1. The van der Waals surface area contributed by atoms with Crippen LogP contribution < -0.4 is 0 Å². The Hall–Kier alpha value is -1.04. The molecule has 54 valence electrons. The summed E-state index contributed by atoms with van der Waals surface area (Å²) in [5.41, 5.74) is 0. The van der Waals surface area contributed by atoms with Crippen LogP contribution in [0, 0.1) is 11.3 Å². The molecule has 1 heterocycles. The second kappa shape index (κ2) is 3.21. The number of unbranched alkanes of at least 4 members (excludes halogenated alkanes) is 1. The van der Waals surface area contributed by atoms with Gasteiger partial charge in [0.25, 0.3) is 0 Å². The maximum Gasteiger partial charge on any atom is 0.309 e. The first-order valence-corrected chi connectivity index (χ1v) is 3.39. The molecule has 1 fully saturated rings. The van der Waals surface area contributed by atoms with Crippen molar-refractivity contribution in [2.75, 3.05) is 0 Å². The molecular formula is C7H9NO2. The number of nitriles is 1. The van der Waals surface area contributed by atoms with Crippen LogP contribution in [0.5, 0.6) is 0 Å². The van der Waals surface area contributed by atoms with E-state index in [1.165, 1.54) is 0 Å². The van der Waals surface area contributed by atoms with Crippen LogP contribution in [0.2, 0.25) is 0 Å². The predicted molar refractivity (Wildman–Crippen MR) is 34.0 cm³/mol. The fraction of sp³-hybridized carbons (Fsp3) is 0.714. The minimum absolute atomic E-state index is 0.109. The first-order valence-electron chi connectivity index (χ1n) is 3.39. The highest BCUT2D eigenvalue weighted by Crippen LogP contribution is 2.18. The number of esters is 1. The fourth-order valence-electron chi connectivity index (χ4n) is 0.932. The molecule has 0 aromatic heterocycles. The van der Waals surface area contributed by atoms with Crippen LogP contribution in [-0.4, -0.2) is 12.1 Å². The van der Waals surface area contributed by atoms with Crippen LogP contribution in [0.4, 0.5) is 0 Å². The van der Waals surface area contributed by atoms with E-state index in [-0.39, 0.29) is 12.1 Å². The number of hydrogen-bond acceptors (Lipinski definition) is 3. The lowest BCUT2D eigenvalue weighted by molar-refractivity contribution is -0.169. The van der Waals surface area contributed by atoms with E-state index in [0.29, 0.717) is 12.8 Å². The molecule has 10 heavy (non-hydrogen) atoms. The molecule has 1 saturated heterocycles. The molecule has 1 aliphatic rings. The molecule has 1 aliphatic heterocycles. The first kappa shape index (κ1) is 7.07. The van der Waals surface area contributed by atoms with Gasteiger partial charge in [0.05, 0.1) is 12.5 Å². The van der Waals surface area contributed by atoms with Gasteiger partial charge in [0, 0.05) is 6.42 Å². The van der Waals surface area contributed by atoms with E-state index in [2.05, 4.69) is 0 Å². The van der Waals surface area contributed by atoms with E-state index >= 15 is 0 Å². The molecule has 3 nitrogen and oxygen atoms in total. The molecule has 3 heteroatoms. The topological polar surface area (TPSA) is 50.1 Å². The van der Waals surface area contributed by atoms with E-state index in [1.807, 2.05) is 6.07 Å². The Bertz CT molecular complexity index is 163. The highest BCUT2D eigenvalue weighted by atomic mass is 16.6. The summed E-state index contributed by atoms with van der Waals surface area (Å²) < 4.78 is 4.74. The second-order valence-corrected chi connectivity index (χ2v) is 2.37. The van der Waals surface area contributed by atoms with Gasteiger partial charge < -0.3 is 4.74 Å².